The zero-order chi connectivity index (χ0) is 15.5. The lowest BCUT2D eigenvalue weighted by Gasteiger charge is -2.06. The van der Waals surface area contributed by atoms with Crippen molar-refractivity contribution in [3.05, 3.63) is 52.8 Å². The van der Waals surface area contributed by atoms with Crippen LogP contribution in [0.4, 0.5) is 5.82 Å². The van der Waals surface area contributed by atoms with E-state index >= 15 is 0 Å². The van der Waals surface area contributed by atoms with Crippen LogP contribution in [0.25, 0.3) is 10.9 Å². The standard InChI is InChI=1S/C15H14N4O3/c1-10-8-13(18-22-10)17-14(20)6-7-19-9-16-12-5-3-2-4-11(12)15(19)21/h2-5,8-9H,6-7H2,1H3,(H,17,18,20). The van der Waals surface area contributed by atoms with Crippen molar-refractivity contribution in [2.75, 3.05) is 5.32 Å². The van der Waals surface area contributed by atoms with Crippen LogP contribution in [0.5, 0.6) is 0 Å². The van der Waals surface area contributed by atoms with Gasteiger partial charge in [0, 0.05) is 19.0 Å². The molecule has 0 spiro atoms. The predicted molar refractivity (Wildman–Crippen MR) is 80.5 cm³/mol. The zero-order valence-electron chi connectivity index (χ0n) is 11.9. The number of carbonyl (C=O) groups excluding carboxylic acids is 1. The second kappa shape index (κ2) is 5.80. The van der Waals surface area contributed by atoms with E-state index < -0.39 is 0 Å². The molecule has 0 aliphatic carbocycles. The molecule has 0 bridgehead atoms. The van der Waals surface area contributed by atoms with Gasteiger partial charge in [0.05, 0.1) is 17.2 Å². The van der Waals surface area contributed by atoms with Crippen LogP contribution < -0.4 is 10.9 Å². The smallest absolute Gasteiger partial charge is 0.261 e. The fraction of sp³-hybridized carbons (Fsp3) is 0.200. The number of nitrogens with one attached hydrogen (secondary N) is 1. The number of hydrogen-bond donors (Lipinski definition) is 1. The van der Waals surface area contributed by atoms with Gasteiger partial charge in [0.25, 0.3) is 5.56 Å². The second-order valence-electron chi connectivity index (χ2n) is 4.88. The Morgan fingerprint density at radius 1 is 1.36 bits per heavy atom. The molecule has 2 heterocycles. The number of rotatable bonds is 4. The summed E-state index contributed by atoms with van der Waals surface area (Å²) in [4.78, 5) is 28.3. The Morgan fingerprint density at radius 3 is 2.95 bits per heavy atom. The molecule has 0 aliphatic rings. The van der Waals surface area contributed by atoms with Gasteiger partial charge in [-0.3, -0.25) is 14.2 Å². The third-order valence-corrected chi connectivity index (χ3v) is 3.21. The Labute approximate surface area is 125 Å². The fourth-order valence-electron chi connectivity index (χ4n) is 2.12. The number of anilines is 1. The predicted octanol–water partition coefficient (Wildman–Crippen LogP) is 1.72. The largest absolute Gasteiger partial charge is 0.360 e. The highest BCUT2D eigenvalue weighted by molar-refractivity contribution is 5.89. The van der Waals surface area contributed by atoms with Gasteiger partial charge in [0.2, 0.25) is 5.91 Å². The maximum absolute atomic E-state index is 12.3. The molecule has 22 heavy (non-hydrogen) atoms. The van der Waals surface area contributed by atoms with Crippen LogP contribution in [0.1, 0.15) is 12.2 Å². The van der Waals surface area contributed by atoms with E-state index in [9.17, 15) is 9.59 Å². The molecule has 1 aromatic carbocycles. The minimum Gasteiger partial charge on any atom is -0.360 e. The number of para-hydroxylation sites is 1. The topological polar surface area (TPSA) is 90.0 Å². The minimum atomic E-state index is -0.242. The van der Waals surface area contributed by atoms with Crippen molar-refractivity contribution in [1.82, 2.24) is 14.7 Å². The van der Waals surface area contributed by atoms with Crippen LogP contribution in [-0.4, -0.2) is 20.6 Å². The van der Waals surface area contributed by atoms with Crippen LogP contribution in [0.2, 0.25) is 0 Å². The van der Waals surface area contributed by atoms with E-state index in [4.69, 9.17) is 4.52 Å². The van der Waals surface area contributed by atoms with Gasteiger partial charge in [-0.1, -0.05) is 17.3 Å². The number of amides is 1. The molecule has 7 nitrogen and oxygen atoms in total. The number of aryl methyl sites for hydroxylation is 2. The number of benzene rings is 1. The summed E-state index contributed by atoms with van der Waals surface area (Å²) in [6, 6.07) is 8.74. The summed E-state index contributed by atoms with van der Waals surface area (Å²) in [5.74, 6) is 0.741. The molecule has 0 saturated carbocycles. The first-order valence-corrected chi connectivity index (χ1v) is 6.81. The van der Waals surface area contributed by atoms with E-state index in [0.29, 0.717) is 22.5 Å². The summed E-state index contributed by atoms with van der Waals surface area (Å²) in [7, 11) is 0. The van der Waals surface area contributed by atoms with Gasteiger partial charge in [-0.05, 0) is 19.1 Å². The van der Waals surface area contributed by atoms with Gasteiger partial charge >= 0.3 is 0 Å². The van der Waals surface area contributed by atoms with Crippen molar-refractivity contribution < 1.29 is 9.32 Å². The Balaban J connectivity index is 1.70. The maximum atomic E-state index is 12.3. The number of carbonyl (C=O) groups is 1. The molecule has 0 atom stereocenters. The normalized spacial score (nSPS) is 10.8. The van der Waals surface area contributed by atoms with E-state index in [2.05, 4.69) is 15.5 Å². The molecule has 1 amide bonds. The third-order valence-electron chi connectivity index (χ3n) is 3.21. The molecule has 3 rings (SSSR count). The van der Waals surface area contributed by atoms with E-state index in [1.54, 1.807) is 31.2 Å². The first-order valence-electron chi connectivity index (χ1n) is 6.81. The Kier molecular flexibility index (Phi) is 3.69. The van der Waals surface area contributed by atoms with E-state index in [-0.39, 0.29) is 24.4 Å². The quantitative estimate of drug-likeness (QED) is 0.792. The fourth-order valence-corrected chi connectivity index (χ4v) is 2.12. The first kappa shape index (κ1) is 14.0. The highest BCUT2D eigenvalue weighted by atomic mass is 16.5. The minimum absolute atomic E-state index is 0.145. The van der Waals surface area contributed by atoms with Gasteiger partial charge in [-0.15, -0.1) is 0 Å². The maximum Gasteiger partial charge on any atom is 0.261 e. The van der Waals surface area contributed by atoms with Crippen LogP contribution in [0, 0.1) is 6.92 Å². The molecular weight excluding hydrogens is 284 g/mol. The summed E-state index contributed by atoms with van der Waals surface area (Å²) in [6.07, 6.45) is 1.60. The average Bonchev–Trinajstić information content (AvgIpc) is 2.92. The van der Waals surface area contributed by atoms with E-state index in [1.807, 2.05) is 6.07 Å². The van der Waals surface area contributed by atoms with Gasteiger partial charge in [-0.2, -0.15) is 0 Å². The lowest BCUT2D eigenvalue weighted by atomic mass is 10.2. The van der Waals surface area contributed by atoms with Gasteiger partial charge in [-0.25, -0.2) is 4.98 Å². The van der Waals surface area contributed by atoms with Gasteiger partial charge < -0.3 is 9.84 Å². The molecule has 2 aromatic heterocycles. The van der Waals surface area contributed by atoms with Crippen molar-refractivity contribution in [2.24, 2.45) is 0 Å². The summed E-state index contributed by atoms with van der Waals surface area (Å²) in [5, 5.41) is 6.83. The summed E-state index contributed by atoms with van der Waals surface area (Å²) in [6.45, 7) is 1.99. The van der Waals surface area contributed by atoms with Crippen molar-refractivity contribution in [3.63, 3.8) is 0 Å². The lowest BCUT2D eigenvalue weighted by molar-refractivity contribution is -0.116. The van der Waals surface area contributed by atoms with Crippen molar-refractivity contribution in [2.45, 2.75) is 19.9 Å². The van der Waals surface area contributed by atoms with Gasteiger partial charge in [0.15, 0.2) is 5.82 Å². The lowest BCUT2D eigenvalue weighted by Crippen LogP contribution is -2.23. The second-order valence-corrected chi connectivity index (χ2v) is 4.88. The third kappa shape index (κ3) is 2.88. The monoisotopic (exact) mass is 298 g/mol. The molecule has 0 saturated heterocycles. The molecule has 0 unspecified atom stereocenters. The molecule has 3 aromatic rings. The zero-order valence-corrected chi connectivity index (χ0v) is 11.9. The van der Waals surface area contributed by atoms with Crippen LogP contribution in [0.15, 0.2) is 46.0 Å². The highest BCUT2D eigenvalue weighted by Gasteiger charge is 2.08. The Bertz CT molecular complexity index is 882. The Hall–Kier alpha value is -2.96. The van der Waals surface area contributed by atoms with Gasteiger partial charge in [0.1, 0.15) is 5.76 Å². The number of fused-ring (bicyclic) bond motifs is 1. The van der Waals surface area contributed by atoms with Crippen LogP contribution in [-0.2, 0) is 11.3 Å². The van der Waals surface area contributed by atoms with Crippen LogP contribution >= 0.6 is 0 Å². The van der Waals surface area contributed by atoms with Crippen molar-refractivity contribution >= 4 is 22.6 Å². The number of nitrogens with zero attached hydrogens (tertiary/aromatic N) is 3. The summed E-state index contributed by atoms with van der Waals surface area (Å²) < 4.78 is 6.29. The average molecular weight is 298 g/mol. The number of hydrogen-bond acceptors (Lipinski definition) is 5. The molecule has 0 aliphatic heterocycles. The molecule has 112 valence electrons. The molecule has 7 heteroatoms. The molecule has 1 N–H and O–H groups in total. The van der Waals surface area contributed by atoms with E-state index in [1.165, 1.54) is 10.9 Å². The first-order chi connectivity index (χ1) is 10.6. The molecule has 0 fully saturated rings. The summed E-state index contributed by atoms with van der Waals surface area (Å²) in [5.41, 5.74) is 0.488. The number of aromatic nitrogens is 3. The van der Waals surface area contributed by atoms with Crippen molar-refractivity contribution in [3.8, 4) is 0 Å². The Morgan fingerprint density at radius 2 is 2.18 bits per heavy atom. The van der Waals surface area contributed by atoms with Crippen molar-refractivity contribution in [1.29, 1.82) is 0 Å². The van der Waals surface area contributed by atoms with Crippen LogP contribution in [0.3, 0.4) is 0 Å². The molecular formula is C15H14N4O3. The van der Waals surface area contributed by atoms with E-state index in [0.717, 1.165) is 0 Å². The summed E-state index contributed by atoms with van der Waals surface area (Å²) >= 11 is 0. The SMILES string of the molecule is Cc1cc(NC(=O)CCn2cnc3ccccc3c2=O)no1. The highest BCUT2D eigenvalue weighted by Crippen LogP contribution is 2.08. The molecule has 0 radical (unpaired) electrons.